The summed E-state index contributed by atoms with van der Waals surface area (Å²) in [7, 11) is 0. The zero-order chi connectivity index (χ0) is 14.8. The van der Waals surface area contributed by atoms with E-state index >= 15 is 0 Å². The van der Waals surface area contributed by atoms with Crippen LogP contribution < -0.4 is 0 Å². The molecule has 0 amide bonds. The molecular weight excluding hydrogens is 262 g/mol. The quantitative estimate of drug-likeness (QED) is 0.505. The summed E-state index contributed by atoms with van der Waals surface area (Å²) in [4.78, 5) is 14.1. The van der Waals surface area contributed by atoms with Gasteiger partial charge >= 0.3 is 0 Å². The Balaban J connectivity index is 1.83. The van der Waals surface area contributed by atoms with Crippen molar-refractivity contribution in [2.45, 2.75) is 31.7 Å². The average Bonchev–Trinajstić information content (AvgIpc) is 2.80. The zero-order valence-electron chi connectivity index (χ0n) is 11.9. The van der Waals surface area contributed by atoms with Crippen LogP contribution in [0.2, 0.25) is 0 Å². The molecule has 1 aromatic carbocycles. The van der Waals surface area contributed by atoms with E-state index in [4.69, 9.17) is 10.8 Å². The van der Waals surface area contributed by atoms with Gasteiger partial charge in [0.15, 0.2) is 0 Å². The highest BCUT2D eigenvalue weighted by atomic mass is 16.1. The number of hydrogen-bond donors (Lipinski definition) is 2. The number of ketones is 1. The van der Waals surface area contributed by atoms with Crippen molar-refractivity contribution in [2.75, 3.05) is 0 Å². The number of amidine groups is 1. The van der Waals surface area contributed by atoms with Gasteiger partial charge in [-0.1, -0.05) is 36.4 Å². The van der Waals surface area contributed by atoms with Gasteiger partial charge in [0.25, 0.3) is 0 Å². The fraction of sp³-hybridized carbons (Fsp3) is 0.353. The van der Waals surface area contributed by atoms with Gasteiger partial charge in [-0.05, 0) is 24.8 Å². The summed E-state index contributed by atoms with van der Waals surface area (Å²) < 4.78 is 0. The van der Waals surface area contributed by atoms with Crippen LogP contribution in [0, 0.1) is 16.7 Å². The molecular formula is C17H19N3O. The number of nitrogens with zero attached hydrogens (tertiary/aromatic N) is 1. The Hall–Kier alpha value is -2.23. The third kappa shape index (κ3) is 2.42. The van der Waals surface area contributed by atoms with Gasteiger partial charge in [-0.15, -0.1) is 0 Å². The van der Waals surface area contributed by atoms with Gasteiger partial charge in [0, 0.05) is 17.9 Å². The Morgan fingerprint density at radius 1 is 1.33 bits per heavy atom. The number of rotatable bonds is 4. The molecule has 0 radical (unpaired) electrons. The maximum absolute atomic E-state index is 12.5. The molecule has 0 saturated carbocycles. The van der Waals surface area contributed by atoms with E-state index in [2.05, 4.69) is 12.2 Å². The van der Waals surface area contributed by atoms with Gasteiger partial charge in [0.1, 0.15) is 11.6 Å². The first-order valence-electron chi connectivity index (χ1n) is 7.37. The van der Waals surface area contributed by atoms with Crippen molar-refractivity contribution in [1.82, 2.24) is 4.90 Å². The summed E-state index contributed by atoms with van der Waals surface area (Å²) in [6.45, 7) is 0. The summed E-state index contributed by atoms with van der Waals surface area (Å²) in [6.07, 6.45) is 8.50. The highest BCUT2D eigenvalue weighted by Gasteiger charge is 2.35. The fourth-order valence-electron chi connectivity index (χ4n) is 3.25. The first kappa shape index (κ1) is 13.7. The van der Waals surface area contributed by atoms with Gasteiger partial charge in [-0.3, -0.25) is 15.6 Å². The minimum absolute atomic E-state index is 0.101. The van der Waals surface area contributed by atoms with Crippen LogP contribution in [0.4, 0.5) is 0 Å². The van der Waals surface area contributed by atoms with E-state index in [0.717, 1.165) is 30.4 Å². The second-order valence-electron chi connectivity index (χ2n) is 5.64. The van der Waals surface area contributed by atoms with E-state index in [1.807, 2.05) is 24.3 Å². The molecule has 0 bridgehead atoms. The molecule has 2 atom stereocenters. The third-order valence-electron chi connectivity index (χ3n) is 4.43. The van der Waals surface area contributed by atoms with E-state index in [9.17, 15) is 4.79 Å². The molecule has 0 fully saturated rings. The highest BCUT2D eigenvalue weighted by molar-refractivity contribution is 6.07. The molecule has 2 unspecified atom stereocenters. The summed E-state index contributed by atoms with van der Waals surface area (Å²) in [6, 6.07) is 7.49. The number of carbonyl (C=O) groups excluding carboxylic acids is 1. The Labute approximate surface area is 124 Å². The Morgan fingerprint density at radius 2 is 2.14 bits per heavy atom. The lowest BCUT2D eigenvalue weighted by atomic mass is 9.86. The molecule has 0 aromatic heterocycles. The third-order valence-corrected chi connectivity index (χ3v) is 4.43. The van der Waals surface area contributed by atoms with Crippen LogP contribution in [-0.2, 0) is 4.79 Å². The standard InChI is InChI=1S/C17H19N3O/c18-11-20-15(10-16(21)12-6-2-1-3-7-12)13-8-4-5-9-14(13)17(20)19/h1-2,4-5,8-9,11-12,15,18-19H,3,6-7,10H2. The maximum atomic E-state index is 12.5. The van der Waals surface area contributed by atoms with Gasteiger partial charge in [0.2, 0.25) is 0 Å². The number of carbonyl (C=O) groups is 1. The average molecular weight is 281 g/mol. The van der Waals surface area contributed by atoms with Crippen molar-refractivity contribution in [3.8, 4) is 0 Å². The molecule has 21 heavy (non-hydrogen) atoms. The van der Waals surface area contributed by atoms with Crippen LogP contribution in [0.15, 0.2) is 36.4 Å². The fourth-order valence-corrected chi connectivity index (χ4v) is 3.25. The maximum Gasteiger partial charge on any atom is 0.138 e. The topological polar surface area (TPSA) is 68.0 Å². The molecule has 1 aliphatic heterocycles. The van der Waals surface area contributed by atoms with Crippen molar-refractivity contribution < 1.29 is 4.79 Å². The lowest BCUT2D eigenvalue weighted by Gasteiger charge is -2.24. The first-order valence-corrected chi connectivity index (χ1v) is 7.37. The highest BCUT2D eigenvalue weighted by Crippen LogP contribution is 2.36. The Bertz CT molecular complexity index is 620. The molecule has 1 aliphatic carbocycles. The van der Waals surface area contributed by atoms with Crippen molar-refractivity contribution in [1.29, 1.82) is 10.8 Å². The predicted molar refractivity (Wildman–Crippen MR) is 82.7 cm³/mol. The van der Waals surface area contributed by atoms with E-state index in [1.165, 1.54) is 6.34 Å². The summed E-state index contributed by atoms with van der Waals surface area (Å²) in [5, 5.41) is 15.7. The number of fused-ring (bicyclic) bond motifs is 1. The number of nitrogens with one attached hydrogen (secondary N) is 2. The molecule has 2 aliphatic rings. The van der Waals surface area contributed by atoms with E-state index in [-0.39, 0.29) is 17.7 Å². The van der Waals surface area contributed by atoms with Gasteiger partial charge < -0.3 is 4.90 Å². The largest absolute Gasteiger partial charge is 0.310 e. The molecule has 1 aromatic rings. The van der Waals surface area contributed by atoms with E-state index in [0.29, 0.717) is 12.3 Å². The second kappa shape index (κ2) is 5.64. The normalized spacial score (nSPS) is 24.0. The number of allylic oxidation sites excluding steroid dienone is 2. The van der Waals surface area contributed by atoms with Crippen molar-refractivity contribution in [2.24, 2.45) is 5.92 Å². The van der Waals surface area contributed by atoms with Gasteiger partial charge in [0.05, 0.1) is 12.4 Å². The lowest BCUT2D eigenvalue weighted by molar-refractivity contribution is -0.123. The first-order chi connectivity index (χ1) is 10.2. The number of hydrogen-bond acceptors (Lipinski definition) is 3. The van der Waals surface area contributed by atoms with Crippen LogP contribution >= 0.6 is 0 Å². The Morgan fingerprint density at radius 3 is 2.86 bits per heavy atom. The molecule has 0 spiro atoms. The molecule has 3 rings (SSSR count). The zero-order valence-corrected chi connectivity index (χ0v) is 11.9. The van der Waals surface area contributed by atoms with Crippen LogP contribution in [-0.4, -0.2) is 22.9 Å². The minimum atomic E-state index is -0.190. The second-order valence-corrected chi connectivity index (χ2v) is 5.64. The molecule has 1 heterocycles. The van der Waals surface area contributed by atoms with Crippen molar-refractivity contribution in [3.05, 3.63) is 47.5 Å². The van der Waals surface area contributed by atoms with Crippen LogP contribution in [0.5, 0.6) is 0 Å². The summed E-state index contributed by atoms with van der Waals surface area (Å²) in [5.41, 5.74) is 1.83. The van der Waals surface area contributed by atoms with Crippen LogP contribution in [0.25, 0.3) is 0 Å². The molecule has 108 valence electrons. The van der Waals surface area contributed by atoms with Crippen LogP contribution in [0.1, 0.15) is 42.9 Å². The minimum Gasteiger partial charge on any atom is -0.310 e. The van der Waals surface area contributed by atoms with Gasteiger partial charge in [-0.25, -0.2) is 0 Å². The van der Waals surface area contributed by atoms with Gasteiger partial charge in [-0.2, -0.15) is 0 Å². The Kier molecular flexibility index (Phi) is 3.69. The molecule has 0 saturated heterocycles. The molecule has 2 N–H and O–H groups in total. The lowest BCUT2D eigenvalue weighted by Crippen LogP contribution is -2.29. The molecule has 4 nitrogen and oxygen atoms in total. The van der Waals surface area contributed by atoms with Crippen molar-refractivity contribution in [3.63, 3.8) is 0 Å². The van der Waals surface area contributed by atoms with Crippen LogP contribution in [0.3, 0.4) is 0 Å². The van der Waals surface area contributed by atoms with Crippen molar-refractivity contribution >= 4 is 18.0 Å². The van der Waals surface area contributed by atoms with E-state index < -0.39 is 0 Å². The SMILES string of the molecule is N=CN1C(=N)c2ccccc2C1CC(=O)C1CC=CCC1. The monoisotopic (exact) mass is 281 g/mol. The number of Topliss-reactive ketones (excluding diaryl/α,β-unsaturated/α-hetero) is 1. The predicted octanol–water partition coefficient (Wildman–Crippen LogP) is 3.29. The summed E-state index contributed by atoms with van der Waals surface area (Å²) in [5.74, 6) is 0.673. The smallest absolute Gasteiger partial charge is 0.138 e. The number of benzene rings is 1. The molecule has 4 heteroatoms. The van der Waals surface area contributed by atoms with E-state index in [1.54, 1.807) is 4.90 Å². The summed E-state index contributed by atoms with van der Waals surface area (Å²) >= 11 is 0.